The predicted octanol–water partition coefficient (Wildman–Crippen LogP) is 5.29. The lowest BCUT2D eigenvalue weighted by Gasteiger charge is -2.14. The van der Waals surface area contributed by atoms with Gasteiger partial charge in [0.2, 0.25) is 0 Å². The van der Waals surface area contributed by atoms with E-state index < -0.39 is 11.9 Å². The van der Waals surface area contributed by atoms with Crippen molar-refractivity contribution in [1.82, 2.24) is 9.55 Å². The lowest BCUT2D eigenvalue weighted by molar-refractivity contribution is 0.0686. The Morgan fingerprint density at radius 2 is 1.59 bits per heavy atom. The van der Waals surface area contributed by atoms with Crippen molar-refractivity contribution in [1.29, 1.82) is 0 Å². The number of rotatable bonds is 10. The molecule has 0 bridgehead atoms. The fourth-order valence-electron chi connectivity index (χ4n) is 4.32. The number of unbranched alkanes of at least 4 members (excludes halogenated alkanes) is 1. The normalized spacial score (nSPS) is 10.8. The first-order valence-corrected chi connectivity index (χ1v) is 12.2. The van der Waals surface area contributed by atoms with Crippen LogP contribution in [0, 0.1) is 0 Å². The molecule has 4 aromatic rings. The highest BCUT2D eigenvalue weighted by molar-refractivity contribution is 5.96. The van der Waals surface area contributed by atoms with Crippen molar-refractivity contribution < 1.29 is 19.8 Å². The molecule has 3 aromatic carbocycles. The standard InChI is InChI=1S/C30H28N2O5/c1-2-3-9-27-26(28(33)32(19-31-27)18-20-10-13-23(14-11-20)29(34)35)17-21-12-15-24(25(16-21)30(36)37)22-7-5-4-6-8-22/h4-8,10-16,19H,2-3,9,17-18H2,1H3,(H,34,35)(H,36,37). The van der Waals surface area contributed by atoms with Gasteiger partial charge in [-0.3, -0.25) is 9.36 Å². The first-order valence-electron chi connectivity index (χ1n) is 12.2. The Labute approximate surface area is 214 Å². The summed E-state index contributed by atoms with van der Waals surface area (Å²) in [5.74, 6) is -2.03. The molecule has 0 unspecified atom stereocenters. The van der Waals surface area contributed by atoms with Crippen LogP contribution in [0.2, 0.25) is 0 Å². The van der Waals surface area contributed by atoms with Crippen LogP contribution in [-0.4, -0.2) is 31.7 Å². The second-order valence-corrected chi connectivity index (χ2v) is 8.94. The van der Waals surface area contributed by atoms with Crippen LogP contribution in [0.4, 0.5) is 0 Å². The molecule has 0 spiro atoms. The third-order valence-electron chi connectivity index (χ3n) is 6.32. The van der Waals surface area contributed by atoms with E-state index in [9.17, 15) is 19.5 Å². The van der Waals surface area contributed by atoms with Gasteiger partial charge in [0.25, 0.3) is 5.56 Å². The third-order valence-corrected chi connectivity index (χ3v) is 6.32. The molecule has 1 heterocycles. The molecule has 188 valence electrons. The summed E-state index contributed by atoms with van der Waals surface area (Å²) in [6.45, 7) is 2.32. The van der Waals surface area contributed by atoms with Crippen LogP contribution in [0.25, 0.3) is 11.1 Å². The molecule has 37 heavy (non-hydrogen) atoms. The number of aryl methyl sites for hydroxylation is 1. The number of hydrogen-bond acceptors (Lipinski definition) is 4. The fraction of sp³-hybridized carbons (Fsp3) is 0.200. The third kappa shape index (κ3) is 6.01. The SMILES string of the molecule is CCCCc1ncn(Cc2ccc(C(=O)O)cc2)c(=O)c1Cc1ccc(-c2ccccc2)c(C(=O)O)c1. The summed E-state index contributed by atoms with van der Waals surface area (Å²) < 4.78 is 1.51. The summed E-state index contributed by atoms with van der Waals surface area (Å²) in [7, 11) is 0. The predicted molar refractivity (Wildman–Crippen MR) is 141 cm³/mol. The van der Waals surface area contributed by atoms with E-state index in [-0.39, 0.29) is 29.7 Å². The second-order valence-electron chi connectivity index (χ2n) is 8.94. The van der Waals surface area contributed by atoms with E-state index in [4.69, 9.17) is 5.11 Å². The Kier molecular flexibility index (Phi) is 7.93. The van der Waals surface area contributed by atoms with Crippen LogP contribution in [0.15, 0.2) is 83.9 Å². The quantitative estimate of drug-likeness (QED) is 0.309. The molecule has 4 rings (SSSR count). The van der Waals surface area contributed by atoms with Gasteiger partial charge in [-0.05, 0) is 53.3 Å². The van der Waals surface area contributed by atoms with Crippen LogP contribution in [0.5, 0.6) is 0 Å². The molecule has 0 amide bonds. The summed E-state index contributed by atoms with van der Waals surface area (Å²) in [6.07, 6.45) is 4.29. The van der Waals surface area contributed by atoms with Gasteiger partial charge in [-0.15, -0.1) is 0 Å². The van der Waals surface area contributed by atoms with Crippen LogP contribution in [0.3, 0.4) is 0 Å². The van der Waals surface area contributed by atoms with E-state index in [1.807, 2.05) is 36.4 Å². The monoisotopic (exact) mass is 496 g/mol. The van der Waals surface area contributed by atoms with E-state index in [0.29, 0.717) is 23.2 Å². The maximum Gasteiger partial charge on any atom is 0.336 e. The molecule has 0 saturated heterocycles. The highest BCUT2D eigenvalue weighted by atomic mass is 16.4. The number of aromatic carboxylic acids is 2. The van der Waals surface area contributed by atoms with E-state index in [0.717, 1.165) is 29.5 Å². The van der Waals surface area contributed by atoms with E-state index in [1.165, 1.54) is 23.0 Å². The maximum absolute atomic E-state index is 13.6. The van der Waals surface area contributed by atoms with E-state index >= 15 is 0 Å². The number of carboxylic acid groups (broad SMARTS) is 2. The number of benzene rings is 3. The van der Waals surface area contributed by atoms with Crippen molar-refractivity contribution in [2.45, 2.75) is 39.2 Å². The Hall–Kier alpha value is -4.52. The number of carboxylic acids is 2. The first kappa shape index (κ1) is 25.6. The van der Waals surface area contributed by atoms with Crippen molar-refractivity contribution in [2.75, 3.05) is 0 Å². The zero-order chi connectivity index (χ0) is 26.4. The Morgan fingerprint density at radius 1 is 0.892 bits per heavy atom. The molecular weight excluding hydrogens is 468 g/mol. The minimum absolute atomic E-state index is 0.179. The molecule has 0 fully saturated rings. The molecule has 0 saturated carbocycles. The summed E-state index contributed by atoms with van der Waals surface area (Å²) in [4.78, 5) is 41.4. The van der Waals surface area contributed by atoms with Gasteiger partial charge in [0, 0.05) is 12.0 Å². The number of hydrogen-bond donors (Lipinski definition) is 2. The van der Waals surface area contributed by atoms with Crippen molar-refractivity contribution in [3.8, 4) is 11.1 Å². The van der Waals surface area contributed by atoms with Gasteiger partial charge in [-0.2, -0.15) is 0 Å². The zero-order valence-electron chi connectivity index (χ0n) is 20.6. The second kappa shape index (κ2) is 11.5. The van der Waals surface area contributed by atoms with Gasteiger partial charge in [0.15, 0.2) is 0 Å². The van der Waals surface area contributed by atoms with Gasteiger partial charge < -0.3 is 10.2 Å². The zero-order valence-corrected chi connectivity index (χ0v) is 20.6. The lowest BCUT2D eigenvalue weighted by Crippen LogP contribution is -2.27. The van der Waals surface area contributed by atoms with Crippen molar-refractivity contribution in [3.05, 3.63) is 123 Å². The van der Waals surface area contributed by atoms with E-state index in [1.54, 1.807) is 24.3 Å². The molecule has 7 heteroatoms. The molecular formula is C30H28N2O5. The summed E-state index contributed by atoms with van der Waals surface area (Å²) >= 11 is 0. The molecule has 0 radical (unpaired) electrons. The average Bonchev–Trinajstić information content (AvgIpc) is 2.91. The van der Waals surface area contributed by atoms with Crippen LogP contribution >= 0.6 is 0 Å². The first-order chi connectivity index (χ1) is 17.9. The highest BCUT2D eigenvalue weighted by Crippen LogP contribution is 2.26. The van der Waals surface area contributed by atoms with Gasteiger partial charge in [0.05, 0.1) is 29.7 Å². The van der Waals surface area contributed by atoms with Crippen molar-refractivity contribution in [3.63, 3.8) is 0 Å². The van der Waals surface area contributed by atoms with Crippen molar-refractivity contribution >= 4 is 11.9 Å². The van der Waals surface area contributed by atoms with Crippen LogP contribution < -0.4 is 5.56 Å². The largest absolute Gasteiger partial charge is 0.478 e. The number of carbonyl (C=O) groups is 2. The molecule has 7 nitrogen and oxygen atoms in total. The summed E-state index contributed by atoms with van der Waals surface area (Å²) in [5.41, 5.74) is 4.37. The average molecular weight is 497 g/mol. The smallest absolute Gasteiger partial charge is 0.336 e. The van der Waals surface area contributed by atoms with Gasteiger partial charge in [-0.25, -0.2) is 14.6 Å². The van der Waals surface area contributed by atoms with Crippen LogP contribution in [-0.2, 0) is 19.4 Å². The molecule has 1 aromatic heterocycles. The Morgan fingerprint density at radius 3 is 2.24 bits per heavy atom. The van der Waals surface area contributed by atoms with Gasteiger partial charge in [-0.1, -0.05) is 67.9 Å². The summed E-state index contributed by atoms with van der Waals surface area (Å²) in [6, 6.07) is 21.0. The fourth-order valence-corrected chi connectivity index (χ4v) is 4.32. The number of nitrogens with zero attached hydrogens (tertiary/aromatic N) is 2. The topological polar surface area (TPSA) is 109 Å². The highest BCUT2D eigenvalue weighted by Gasteiger charge is 2.17. The maximum atomic E-state index is 13.6. The Bertz CT molecular complexity index is 1470. The minimum Gasteiger partial charge on any atom is -0.478 e. The van der Waals surface area contributed by atoms with E-state index in [2.05, 4.69) is 11.9 Å². The molecule has 2 N–H and O–H groups in total. The van der Waals surface area contributed by atoms with Crippen molar-refractivity contribution in [2.24, 2.45) is 0 Å². The molecule has 0 aliphatic rings. The minimum atomic E-state index is -1.03. The molecule has 0 aliphatic carbocycles. The molecule has 0 atom stereocenters. The molecule has 0 aliphatic heterocycles. The summed E-state index contributed by atoms with van der Waals surface area (Å²) in [5, 5.41) is 19.0. The van der Waals surface area contributed by atoms with Gasteiger partial charge >= 0.3 is 11.9 Å². The van der Waals surface area contributed by atoms with Crippen LogP contribution in [0.1, 0.15) is 62.9 Å². The van der Waals surface area contributed by atoms with Gasteiger partial charge in [0.1, 0.15) is 0 Å². The lowest BCUT2D eigenvalue weighted by atomic mass is 9.94. The number of aromatic nitrogens is 2. The Balaban J connectivity index is 1.70.